The second kappa shape index (κ2) is 6.35. The molecule has 1 aliphatic carbocycles. The van der Waals surface area contributed by atoms with Crippen LogP contribution in [0.1, 0.15) is 42.5 Å². The summed E-state index contributed by atoms with van der Waals surface area (Å²) in [5.41, 5.74) is -0.122. The van der Waals surface area contributed by atoms with Gasteiger partial charge in [0.25, 0.3) is 5.91 Å². The zero-order chi connectivity index (χ0) is 13.9. The molecule has 0 radical (unpaired) electrons. The van der Waals surface area contributed by atoms with Gasteiger partial charge < -0.3 is 5.32 Å². The van der Waals surface area contributed by atoms with Gasteiger partial charge in [-0.3, -0.25) is 4.79 Å². The Morgan fingerprint density at radius 1 is 1.32 bits per heavy atom. The van der Waals surface area contributed by atoms with E-state index >= 15 is 0 Å². The highest BCUT2D eigenvalue weighted by Gasteiger charge is 2.33. The first-order chi connectivity index (χ1) is 9.06. The minimum absolute atomic E-state index is 0.106. The van der Waals surface area contributed by atoms with Gasteiger partial charge in [0.05, 0.1) is 11.1 Å². The molecule has 1 fully saturated rings. The predicted molar refractivity (Wildman–Crippen MR) is 81.2 cm³/mol. The van der Waals surface area contributed by atoms with E-state index in [9.17, 15) is 9.18 Å². The summed E-state index contributed by atoms with van der Waals surface area (Å²) in [7, 11) is 0. The smallest absolute Gasteiger partial charge is 0.254 e. The number of alkyl halides is 1. The van der Waals surface area contributed by atoms with Gasteiger partial charge in [-0.05, 0) is 31.0 Å². The molecular formula is C14H16Br2FNO. The molecule has 1 aliphatic rings. The summed E-state index contributed by atoms with van der Waals surface area (Å²) in [5, 5.41) is 3.73. The fraction of sp³-hybridized carbons (Fsp3) is 0.500. The van der Waals surface area contributed by atoms with Crippen LogP contribution in [0.25, 0.3) is 0 Å². The molecule has 19 heavy (non-hydrogen) atoms. The largest absolute Gasteiger partial charge is 0.346 e. The van der Waals surface area contributed by atoms with Crippen LogP contribution in [0, 0.1) is 5.82 Å². The van der Waals surface area contributed by atoms with Crippen molar-refractivity contribution in [3.8, 4) is 0 Å². The molecule has 0 aromatic heterocycles. The van der Waals surface area contributed by atoms with Crippen LogP contribution in [0.3, 0.4) is 0 Å². The standard InChI is InChI=1S/C14H16Br2FNO/c15-9-14(6-2-1-3-7-14)18-13(19)11-5-4-10(16)8-12(11)17/h4-5,8H,1-3,6-7,9H2,(H,18,19). The normalized spacial score (nSPS) is 18.1. The minimum Gasteiger partial charge on any atom is -0.346 e. The average Bonchev–Trinajstić information content (AvgIpc) is 2.39. The quantitative estimate of drug-likeness (QED) is 0.758. The van der Waals surface area contributed by atoms with Crippen molar-refractivity contribution in [1.29, 1.82) is 0 Å². The number of hydrogen-bond donors (Lipinski definition) is 1. The third-order valence-electron chi connectivity index (χ3n) is 3.62. The Hall–Kier alpha value is -0.420. The molecule has 0 saturated heterocycles. The number of amides is 1. The maximum Gasteiger partial charge on any atom is 0.254 e. The molecule has 0 heterocycles. The van der Waals surface area contributed by atoms with Crippen molar-refractivity contribution < 1.29 is 9.18 Å². The van der Waals surface area contributed by atoms with Crippen LogP contribution in [-0.2, 0) is 0 Å². The fourth-order valence-electron chi connectivity index (χ4n) is 2.50. The molecule has 0 atom stereocenters. The molecule has 0 aliphatic heterocycles. The van der Waals surface area contributed by atoms with Gasteiger partial charge in [-0.15, -0.1) is 0 Å². The molecule has 2 nitrogen and oxygen atoms in total. The summed E-state index contributed by atoms with van der Waals surface area (Å²) in [5.74, 6) is -0.821. The second-order valence-corrected chi connectivity index (χ2v) is 6.53. The van der Waals surface area contributed by atoms with Crippen molar-refractivity contribution in [3.63, 3.8) is 0 Å². The number of rotatable bonds is 3. The third-order valence-corrected chi connectivity index (χ3v) is 5.19. The van der Waals surface area contributed by atoms with Crippen molar-refractivity contribution in [2.75, 3.05) is 5.33 Å². The van der Waals surface area contributed by atoms with Gasteiger partial charge in [0, 0.05) is 9.80 Å². The van der Waals surface area contributed by atoms with E-state index in [1.165, 1.54) is 18.6 Å². The molecule has 0 spiro atoms. The van der Waals surface area contributed by atoms with Crippen LogP contribution in [0.2, 0.25) is 0 Å². The molecule has 104 valence electrons. The summed E-state index contributed by atoms with van der Waals surface area (Å²) in [4.78, 5) is 12.2. The number of halogens is 3. The number of nitrogens with one attached hydrogen (secondary N) is 1. The van der Waals surface area contributed by atoms with E-state index in [-0.39, 0.29) is 17.0 Å². The van der Waals surface area contributed by atoms with Crippen LogP contribution in [0.15, 0.2) is 22.7 Å². The monoisotopic (exact) mass is 391 g/mol. The molecular weight excluding hydrogens is 377 g/mol. The molecule has 0 bridgehead atoms. The number of carbonyl (C=O) groups excluding carboxylic acids is 1. The van der Waals surface area contributed by atoms with Gasteiger partial charge in [0.15, 0.2) is 0 Å². The van der Waals surface area contributed by atoms with Crippen LogP contribution >= 0.6 is 31.9 Å². The zero-order valence-electron chi connectivity index (χ0n) is 10.5. The Bertz CT molecular complexity index is 473. The van der Waals surface area contributed by atoms with Gasteiger partial charge in [-0.1, -0.05) is 51.1 Å². The Morgan fingerprint density at radius 2 is 2.00 bits per heavy atom. The Labute approximate surface area is 129 Å². The molecule has 2 rings (SSSR count). The van der Waals surface area contributed by atoms with Crippen molar-refractivity contribution in [1.82, 2.24) is 5.32 Å². The van der Waals surface area contributed by atoms with Gasteiger partial charge in [-0.2, -0.15) is 0 Å². The topological polar surface area (TPSA) is 29.1 Å². The lowest BCUT2D eigenvalue weighted by Crippen LogP contribution is -2.51. The van der Waals surface area contributed by atoms with E-state index in [4.69, 9.17) is 0 Å². The zero-order valence-corrected chi connectivity index (χ0v) is 13.7. The van der Waals surface area contributed by atoms with E-state index < -0.39 is 5.82 Å². The summed E-state index contributed by atoms with van der Waals surface area (Å²) in [6, 6.07) is 4.51. The van der Waals surface area contributed by atoms with Crippen LogP contribution in [0.4, 0.5) is 4.39 Å². The van der Waals surface area contributed by atoms with E-state index in [1.54, 1.807) is 6.07 Å². The number of hydrogen-bond acceptors (Lipinski definition) is 1. The number of benzene rings is 1. The summed E-state index contributed by atoms with van der Waals surface area (Å²) in [6.07, 6.45) is 5.31. The SMILES string of the molecule is O=C(NC1(CBr)CCCCC1)c1ccc(Br)cc1F. The molecule has 1 saturated carbocycles. The van der Waals surface area contributed by atoms with Crippen LogP contribution < -0.4 is 5.32 Å². The molecule has 0 unspecified atom stereocenters. The summed E-state index contributed by atoms with van der Waals surface area (Å²) < 4.78 is 14.4. The highest BCUT2D eigenvalue weighted by Crippen LogP contribution is 2.30. The van der Waals surface area contributed by atoms with Crippen LogP contribution in [0.5, 0.6) is 0 Å². The Kier molecular flexibility index (Phi) is 5.01. The van der Waals surface area contributed by atoms with Crippen LogP contribution in [-0.4, -0.2) is 16.8 Å². The second-order valence-electron chi connectivity index (χ2n) is 5.05. The van der Waals surface area contributed by atoms with E-state index in [0.29, 0.717) is 9.80 Å². The van der Waals surface area contributed by atoms with Crippen molar-refractivity contribution in [3.05, 3.63) is 34.1 Å². The fourth-order valence-corrected chi connectivity index (χ4v) is 3.54. The first kappa shape index (κ1) is 15.0. The lowest BCUT2D eigenvalue weighted by molar-refractivity contribution is 0.0882. The maximum atomic E-state index is 13.8. The van der Waals surface area contributed by atoms with E-state index in [0.717, 1.165) is 25.7 Å². The highest BCUT2D eigenvalue weighted by atomic mass is 79.9. The van der Waals surface area contributed by atoms with E-state index in [1.807, 2.05) is 0 Å². The van der Waals surface area contributed by atoms with Crippen molar-refractivity contribution in [2.45, 2.75) is 37.6 Å². The molecule has 1 aromatic rings. The lowest BCUT2D eigenvalue weighted by Gasteiger charge is -2.36. The molecule has 1 aromatic carbocycles. The van der Waals surface area contributed by atoms with Gasteiger partial charge in [0.1, 0.15) is 5.82 Å². The maximum absolute atomic E-state index is 13.8. The average molecular weight is 393 g/mol. The first-order valence-electron chi connectivity index (χ1n) is 6.40. The van der Waals surface area contributed by atoms with Gasteiger partial charge in [0.2, 0.25) is 0 Å². The molecule has 5 heteroatoms. The summed E-state index contributed by atoms with van der Waals surface area (Å²) >= 11 is 6.67. The number of carbonyl (C=O) groups is 1. The minimum atomic E-state index is -0.493. The molecule has 1 amide bonds. The Morgan fingerprint density at radius 3 is 2.58 bits per heavy atom. The lowest BCUT2D eigenvalue weighted by atomic mass is 9.83. The van der Waals surface area contributed by atoms with Crippen molar-refractivity contribution >= 4 is 37.8 Å². The predicted octanol–water partition coefficient (Wildman–Crippen LogP) is 4.42. The van der Waals surface area contributed by atoms with Gasteiger partial charge >= 0.3 is 0 Å². The Balaban J connectivity index is 2.15. The highest BCUT2D eigenvalue weighted by molar-refractivity contribution is 9.10. The molecule has 1 N–H and O–H groups in total. The van der Waals surface area contributed by atoms with Crippen molar-refractivity contribution in [2.24, 2.45) is 0 Å². The van der Waals surface area contributed by atoms with Gasteiger partial charge in [-0.25, -0.2) is 4.39 Å². The van der Waals surface area contributed by atoms with E-state index in [2.05, 4.69) is 37.2 Å². The third kappa shape index (κ3) is 3.57. The summed E-state index contributed by atoms with van der Waals surface area (Å²) in [6.45, 7) is 0. The first-order valence-corrected chi connectivity index (χ1v) is 8.31.